The summed E-state index contributed by atoms with van der Waals surface area (Å²) in [4.78, 5) is 0. The molecule has 0 atom stereocenters. The molecule has 0 radical (unpaired) electrons. The topological polar surface area (TPSA) is 40.5 Å². The summed E-state index contributed by atoms with van der Waals surface area (Å²) < 4.78 is 13.1. The normalized spacial score (nSPS) is 11.7. The lowest BCUT2D eigenvalue weighted by Crippen LogP contribution is -2.37. The molecule has 2 N–H and O–H groups in total. The van der Waals surface area contributed by atoms with Crippen molar-refractivity contribution in [1.82, 2.24) is 0 Å². The van der Waals surface area contributed by atoms with Crippen LogP contribution in [0.15, 0.2) is 42.5 Å². The van der Waals surface area contributed by atoms with Crippen LogP contribution in [0, 0.1) is 5.82 Å². The fraction of sp³-hybridized carbons (Fsp3) is 0.250. The van der Waals surface area contributed by atoms with Crippen LogP contribution >= 0.6 is 23.2 Å². The quantitative estimate of drug-likeness (QED) is 0.880. The predicted molar refractivity (Wildman–Crippen MR) is 82.4 cm³/mol. The molecule has 0 fully saturated rings. The summed E-state index contributed by atoms with van der Waals surface area (Å²) in [5.41, 5.74) is 0.306. The van der Waals surface area contributed by atoms with Crippen LogP contribution in [0.3, 0.4) is 0 Å². The van der Waals surface area contributed by atoms with Gasteiger partial charge in [-0.1, -0.05) is 41.4 Å². The molecule has 0 aliphatic carbocycles. The number of aliphatic hydroxyl groups excluding tert-OH is 2. The smallest absolute Gasteiger partial charge is 0.123 e. The van der Waals surface area contributed by atoms with Crippen molar-refractivity contribution in [3.05, 3.63) is 69.5 Å². The molecule has 0 spiro atoms. The minimum absolute atomic E-state index is 0.254. The van der Waals surface area contributed by atoms with Crippen LogP contribution in [0.1, 0.15) is 11.1 Å². The molecule has 112 valence electrons. The van der Waals surface area contributed by atoms with E-state index in [-0.39, 0.29) is 25.5 Å². The lowest BCUT2D eigenvalue weighted by Gasteiger charge is -2.31. The molecule has 2 aromatic carbocycles. The molecule has 2 nitrogen and oxygen atoms in total. The van der Waals surface area contributed by atoms with Crippen molar-refractivity contribution in [3.8, 4) is 0 Å². The van der Waals surface area contributed by atoms with Gasteiger partial charge in [-0.3, -0.25) is 0 Å². The third-order valence-corrected chi connectivity index (χ3v) is 4.35. The van der Waals surface area contributed by atoms with E-state index in [0.717, 1.165) is 0 Å². The van der Waals surface area contributed by atoms with Crippen LogP contribution in [-0.2, 0) is 11.8 Å². The molecule has 0 saturated carbocycles. The molecule has 21 heavy (non-hydrogen) atoms. The fourth-order valence-electron chi connectivity index (χ4n) is 2.29. The van der Waals surface area contributed by atoms with Gasteiger partial charge in [0.25, 0.3) is 0 Å². The van der Waals surface area contributed by atoms with Gasteiger partial charge >= 0.3 is 0 Å². The minimum atomic E-state index is -0.970. The van der Waals surface area contributed by atoms with Gasteiger partial charge < -0.3 is 10.2 Å². The summed E-state index contributed by atoms with van der Waals surface area (Å²) in [6.45, 7) is -0.618. The summed E-state index contributed by atoms with van der Waals surface area (Å²) in [6, 6.07) is 10.8. The van der Waals surface area contributed by atoms with Gasteiger partial charge in [-0.05, 0) is 41.8 Å². The Morgan fingerprint density at radius 2 is 1.43 bits per heavy atom. The van der Waals surface area contributed by atoms with E-state index >= 15 is 0 Å². The maximum atomic E-state index is 13.1. The predicted octanol–water partition coefficient (Wildman–Crippen LogP) is 3.60. The van der Waals surface area contributed by atoms with E-state index in [0.29, 0.717) is 21.2 Å². The second-order valence-electron chi connectivity index (χ2n) is 4.98. The third kappa shape index (κ3) is 3.38. The van der Waals surface area contributed by atoms with Crippen LogP contribution < -0.4 is 0 Å². The Morgan fingerprint density at radius 3 is 1.90 bits per heavy atom. The molecule has 0 aliphatic heterocycles. The van der Waals surface area contributed by atoms with E-state index in [1.165, 1.54) is 12.1 Å². The van der Waals surface area contributed by atoms with Crippen LogP contribution in [0.2, 0.25) is 10.0 Å². The number of aliphatic hydroxyl groups is 2. The number of hydrogen-bond donors (Lipinski definition) is 2. The highest BCUT2D eigenvalue weighted by Gasteiger charge is 2.33. The van der Waals surface area contributed by atoms with Crippen LogP contribution in [0.25, 0.3) is 0 Å². The first-order chi connectivity index (χ1) is 10.0. The Labute approximate surface area is 132 Å². The maximum absolute atomic E-state index is 13.1. The molecule has 5 heteroatoms. The van der Waals surface area contributed by atoms with E-state index in [1.807, 2.05) is 0 Å². The zero-order valence-corrected chi connectivity index (χ0v) is 12.7. The number of halogens is 3. The van der Waals surface area contributed by atoms with Crippen molar-refractivity contribution in [2.45, 2.75) is 11.8 Å². The van der Waals surface area contributed by atoms with E-state index in [9.17, 15) is 14.6 Å². The van der Waals surface area contributed by atoms with Gasteiger partial charge in [0.15, 0.2) is 0 Å². The van der Waals surface area contributed by atoms with Gasteiger partial charge in [-0.25, -0.2) is 4.39 Å². The zero-order valence-electron chi connectivity index (χ0n) is 11.2. The highest BCUT2D eigenvalue weighted by molar-refractivity contribution is 6.36. The number of rotatable bonds is 5. The van der Waals surface area contributed by atoms with Crippen molar-refractivity contribution in [3.63, 3.8) is 0 Å². The number of hydrogen-bond acceptors (Lipinski definition) is 2. The van der Waals surface area contributed by atoms with Gasteiger partial charge in [-0.2, -0.15) is 0 Å². The molecule has 0 aromatic heterocycles. The monoisotopic (exact) mass is 328 g/mol. The van der Waals surface area contributed by atoms with E-state index < -0.39 is 5.41 Å². The first-order valence-corrected chi connectivity index (χ1v) is 7.18. The Bertz CT molecular complexity index is 590. The number of benzene rings is 2. The highest BCUT2D eigenvalue weighted by Crippen LogP contribution is 2.34. The Hall–Kier alpha value is -1.13. The zero-order chi connectivity index (χ0) is 15.5. The standard InChI is InChI=1S/C16H15Cl2FO2/c17-14-2-1-3-15(18)13(14)8-16(9-20,10-21)11-4-6-12(19)7-5-11/h1-7,20-21H,8-10H2. The second-order valence-corrected chi connectivity index (χ2v) is 5.79. The first kappa shape index (κ1) is 16.2. The third-order valence-electron chi connectivity index (χ3n) is 3.64. The molecule has 0 saturated heterocycles. The SMILES string of the molecule is OCC(CO)(Cc1c(Cl)cccc1Cl)c1ccc(F)cc1. The lowest BCUT2D eigenvalue weighted by atomic mass is 9.77. The Balaban J connectivity index is 2.45. The average molecular weight is 329 g/mol. The molecule has 0 heterocycles. The molecule has 0 unspecified atom stereocenters. The molecule has 0 amide bonds. The van der Waals surface area contributed by atoms with Crippen molar-refractivity contribution in [2.75, 3.05) is 13.2 Å². The van der Waals surface area contributed by atoms with E-state index in [4.69, 9.17) is 23.2 Å². The largest absolute Gasteiger partial charge is 0.395 e. The molecule has 0 aliphatic rings. The summed E-state index contributed by atoms with van der Waals surface area (Å²) in [5, 5.41) is 20.5. The van der Waals surface area contributed by atoms with E-state index in [2.05, 4.69) is 0 Å². The van der Waals surface area contributed by atoms with Crippen molar-refractivity contribution >= 4 is 23.2 Å². The molecule has 0 bridgehead atoms. The first-order valence-electron chi connectivity index (χ1n) is 6.43. The molecule has 2 rings (SSSR count). The van der Waals surface area contributed by atoms with E-state index in [1.54, 1.807) is 30.3 Å². The fourth-order valence-corrected chi connectivity index (χ4v) is 2.82. The van der Waals surface area contributed by atoms with Gasteiger partial charge in [0.05, 0.1) is 13.2 Å². The van der Waals surface area contributed by atoms with Crippen molar-refractivity contribution in [2.24, 2.45) is 0 Å². The van der Waals surface area contributed by atoms with Gasteiger partial charge in [0, 0.05) is 15.5 Å². The molecular formula is C16H15Cl2FO2. The summed E-state index contributed by atoms with van der Waals surface area (Å²) in [5.74, 6) is -0.376. The molecular weight excluding hydrogens is 314 g/mol. The van der Waals surface area contributed by atoms with Gasteiger partial charge in [0.2, 0.25) is 0 Å². The van der Waals surface area contributed by atoms with Crippen LogP contribution in [0.4, 0.5) is 4.39 Å². The Morgan fingerprint density at radius 1 is 0.905 bits per heavy atom. The lowest BCUT2D eigenvalue weighted by molar-refractivity contribution is 0.116. The maximum Gasteiger partial charge on any atom is 0.123 e. The molecule has 2 aromatic rings. The van der Waals surface area contributed by atoms with Crippen LogP contribution in [0.5, 0.6) is 0 Å². The van der Waals surface area contributed by atoms with Crippen molar-refractivity contribution in [1.29, 1.82) is 0 Å². The van der Waals surface area contributed by atoms with Gasteiger partial charge in [-0.15, -0.1) is 0 Å². The summed E-state index contributed by atoms with van der Waals surface area (Å²) in [7, 11) is 0. The van der Waals surface area contributed by atoms with Crippen LogP contribution in [-0.4, -0.2) is 23.4 Å². The summed E-state index contributed by atoms with van der Waals surface area (Å²) in [6.07, 6.45) is 0.254. The van der Waals surface area contributed by atoms with Gasteiger partial charge in [0.1, 0.15) is 5.82 Å². The minimum Gasteiger partial charge on any atom is -0.395 e. The van der Waals surface area contributed by atoms with Crippen molar-refractivity contribution < 1.29 is 14.6 Å². The highest BCUT2D eigenvalue weighted by atomic mass is 35.5. The average Bonchev–Trinajstić information content (AvgIpc) is 2.49. The second kappa shape index (κ2) is 6.75. The Kier molecular flexibility index (Phi) is 5.22. The summed E-state index contributed by atoms with van der Waals surface area (Å²) >= 11 is 12.3.